The predicted octanol–water partition coefficient (Wildman–Crippen LogP) is 5.21. The lowest BCUT2D eigenvalue weighted by Crippen LogP contribution is -2.10. The summed E-state index contributed by atoms with van der Waals surface area (Å²) in [5.74, 6) is -0.317. The molecular weight excluding hydrogens is 331 g/mol. The second-order valence-electron chi connectivity index (χ2n) is 5.61. The molecule has 0 fully saturated rings. The first-order valence-electron chi connectivity index (χ1n) is 6.95. The molecule has 0 aliphatic rings. The van der Waals surface area contributed by atoms with Crippen LogP contribution in [0.5, 0.6) is 0 Å². The number of aliphatic hydroxyl groups is 1. The largest absolute Gasteiger partial charge is 0.384 e. The van der Waals surface area contributed by atoms with Crippen LogP contribution in [0.2, 0.25) is 0 Å². The minimum atomic E-state index is -0.766. The van der Waals surface area contributed by atoms with Crippen LogP contribution in [0, 0.1) is 40.4 Å². The first-order chi connectivity index (χ1) is 9.75. The molecule has 1 nitrogen and oxygen atoms in total. The molecule has 112 valence electrons. The highest BCUT2D eigenvalue weighted by molar-refractivity contribution is 9.10. The summed E-state index contributed by atoms with van der Waals surface area (Å²) in [7, 11) is 0. The van der Waals surface area contributed by atoms with Crippen LogP contribution < -0.4 is 0 Å². The number of aliphatic hydroxyl groups excluding tert-OH is 1. The molecule has 0 heterocycles. The summed E-state index contributed by atoms with van der Waals surface area (Å²) in [4.78, 5) is 0. The molecule has 0 saturated heterocycles. The van der Waals surface area contributed by atoms with E-state index in [1.54, 1.807) is 6.07 Å². The molecule has 3 heteroatoms. The molecule has 0 saturated carbocycles. The van der Waals surface area contributed by atoms with Gasteiger partial charge in [0.2, 0.25) is 0 Å². The van der Waals surface area contributed by atoms with E-state index in [9.17, 15) is 9.50 Å². The van der Waals surface area contributed by atoms with Crippen molar-refractivity contribution in [1.29, 1.82) is 0 Å². The molecule has 1 unspecified atom stereocenters. The fourth-order valence-electron chi connectivity index (χ4n) is 2.82. The Morgan fingerprint density at radius 3 is 1.86 bits per heavy atom. The summed E-state index contributed by atoms with van der Waals surface area (Å²) in [6.07, 6.45) is -0.766. The van der Waals surface area contributed by atoms with Crippen molar-refractivity contribution in [3.8, 4) is 0 Å². The molecule has 2 rings (SSSR count). The van der Waals surface area contributed by atoms with Gasteiger partial charge in [-0.25, -0.2) is 4.39 Å². The highest BCUT2D eigenvalue weighted by Crippen LogP contribution is 2.36. The lowest BCUT2D eigenvalue weighted by Gasteiger charge is -2.23. The van der Waals surface area contributed by atoms with Crippen LogP contribution in [0.1, 0.15) is 45.0 Å². The molecule has 2 aromatic carbocycles. The lowest BCUT2D eigenvalue weighted by molar-refractivity contribution is 0.217. The molecule has 0 spiro atoms. The Morgan fingerprint density at radius 2 is 1.38 bits per heavy atom. The maximum atomic E-state index is 13.2. The van der Waals surface area contributed by atoms with Crippen molar-refractivity contribution in [2.45, 2.75) is 40.7 Å². The standard InChI is InChI=1S/C18H20BrFO/c1-9-10(2)12(4)17(13(5)11(9)3)18(21)15-7-6-14(20)8-16(15)19/h6-8,18,21H,1-5H3. The summed E-state index contributed by atoms with van der Waals surface area (Å²) in [5.41, 5.74) is 7.46. The van der Waals surface area contributed by atoms with Crippen molar-refractivity contribution >= 4 is 15.9 Å². The van der Waals surface area contributed by atoms with Crippen molar-refractivity contribution in [2.75, 3.05) is 0 Å². The van der Waals surface area contributed by atoms with Crippen molar-refractivity contribution in [2.24, 2.45) is 0 Å². The molecule has 0 aliphatic heterocycles. The van der Waals surface area contributed by atoms with Gasteiger partial charge in [0.1, 0.15) is 11.9 Å². The zero-order valence-electron chi connectivity index (χ0n) is 13.0. The summed E-state index contributed by atoms with van der Waals surface area (Å²) >= 11 is 3.35. The molecule has 1 atom stereocenters. The molecular formula is C18H20BrFO. The zero-order chi connectivity index (χ0) is 15.9. The van der Waals surface area contributed by atoms with Gasteiger partial charge in [-0.1, -0.05) is 22.0 Å². The van der Waals surface area contributed by atoms with E-state index in [4.69, 9.17) is 0 Å². The second-order valence-corrected chi connectivity index (χ2v) is 6.46. The van der Waals surface area contributed by atoms with Crippen LogP contribution >= 0.6 is 15.9 Å². The highest BCUT2D eigenvalue weighted by atomic mass is 79.9. The third-order valence-electron chi connectivity index (χ3n) is 4.59. The van der Waals surface area contributed by atoms with Crippen LogP contribution in [0.25, 0.3) is 0 Å². The van der Waals surface area contributed by atoms with Gasteiger partial charge >= 0.3 is 0 Å². The second kappa shape index (κ2) is 5.90. The Kier molecular flexibility index (Phi) is 4.54. The van der Waals surface area contributed by atoms with Crippen molar-refractivity contribution < 1.29 is 9.50 Å². The van der Waals surface area contributed by atoms with E-state index in [2.05, 4.69) is 36.7 Å². The summed E-state index contributed by atoms with van der Waals surface area (Å²) in [5, 5.41) is 10.8. The van der Waals surface area contributed by atoms with Gasteiger partial charge in [-0.3, -0.25) is 0 Å². The number of halogens is 2. The highest BCUT2D eigenvalue weighted by Gasteiger charge is 2.21. The van der Waals surface area contributed by atoms with Crippen LogP contribution in [-0.4, -0.2) is 5.11 Å². The van der Waals surface area contributed by atoms with Gasteiger partial charge in [-0.2, -0.15) is 0 Å². The Bertz CT molecular complexity index is 678. The summed E-state index contributed by atoms with van der Waals surface area (Å²) in [6.45, 7) is 10.3. The van der Waals surface area contributed by atoms with Gasteiger partial charge < -0.3 is 5.11 Å². The normalized spacial score (nSPS) is 12.6. The Hall–Kier alpha value is -1.19. The van der Waals surface area contributed by atoms with Gasteiger partial charge in [0, 0.05) is 4.47 Å². The maximum Gasteiger partial charge on any atom is 0.124 e. The van der Waals surface area contributed by atoms with E-state index in [1.807, 2.05) is 13.8 Å². The first-order valence-corrected chi connectivity index (χ1v) is 7.74. The van der Waals surface area contributed by atoms with Crippen molar-refractivity contribution in [3.05, 3.63) is 67.4 Å². The topological polar surface area (TPSA) is 20.2 Å². The Morgan fingerprint density at radius 1 is 0.905 bits per heavy atom. The molecule has 0 aromatic heterocycles. The number of rotatable bonds is 2. The van der Waals surface area contributed by atoms with Gasteiger partial charge in [-0.15, -0.1) is 0 Å². The lowest BCUT2D eigenvalue weighted by atomic mass is 9.85. The molecule has 2 aromatic rings. The van der Waals surface area contributed by atoms with Crippen LogP contribution in [0.15, 0.2) is 22.7 Å². The number of hydrogen-bond acceptors (Lipinski definition) is 1. The fraction of sp³-hybridized carbons (Fsp3) is 0.333. The molecule has 0 radical (unpaired) electrons. The predicted molar refractivity (Wildman–Crippen MR) is 88.3 cm³/mol. The van der Waals surface area contributed by atoms with Crippen LogP contribution in [0.3, 0.4) is 0 Å². The summed E-state index contributed by atoms with van der Waals surface area (Å²) in [6, 6.07) is 4.40. The SMILES string of the molecule is Cc1c(C)c(C)c(C(O)c2ccc(F)cc2Br)c(C)c1C. The third-order valence-corrected chi connectivity index (χ3v) is 5.28. The van der Waals surface area contributed by atoms with E-state index < -0.39 is 6.10 Å². The molecule has 0 amide bonds. The minimum absolute atomic E-state index is 0.317. The van der Waals surface area contributed by atoms with Gasteiger partial charge in [-0.05, 0) is 85.7 Å². The zero-order valence-corrected chi connectivity index (χ0v) is 14.6. The van der Waals surface area contributed by atoms with Crippen molar-refractivity contribution in [3.63, 3.8) is 0 Å². The molecule has 0 bridgehead atoms. The van der Waals surface area contributed by atoms with Crippen LogP contribution in [0.4, 0.5) is 4.39 Å². The molecule has 0 aliphatic carbocycles. The van der Waals surface area contributed by atoms with E-state index >= 15 is 0 Å². The van der Waals surface area contributed by atoms with E-state index in [0.717, 1.165) is 16.7 Å². The monoisotopic (exact) mass is 350 g/mol. The maximum absolute atomic E-state index is 13.2. The van der Waals surface area contributed by atoms with E-state index in [1.165, 1.54) is 28.8 Å². The van der Waals surface area contributed by atoms with Gasteiger partial charge in [0.25, 0.3) is 0 Å². The first kappa shape index (κ1) is 16.2. The summed E-state index contributed by atoms with van der Waals surface area (Å²) < 4.78 is 13.8. The Labute approximate surface area is 134 Å². The Balaban J connectivity index is 2.66. The van der Waals surface area contributed by atoms with Gasteiger partial charge in [0.15, 0.2) is 0 Å². The van der Waals surface area contributed by atoms with Crippen molar-refractivity contribution in [1.82, 2.24) is 0 Å². The van der Waals surface area contributed by atoms with E-state index in [-0.39, 0.29) is 5.82 Å². The number of benzene rings is 2. The third kappa shape index (κ3) is 2.77. The average molecular weight is 351 g/mol. The van der Waals surface area contributed by atoms with Crippen LogP contribution in [-0.2, 0) is 0 Å². The van der Waals surface area contributed by atoms with E-state index in [0.29, 0.717) is 10.0 Å². The fourth-order valence-corrected chi connectivity index (χ4v) is 3.39. The molecule has 1 N–H and O–H groups in total. The van der Waals surface area contributed by atoms with Gasteiger partial charge in [0.05, 0.1) is 0 Å². The quantitative estimate of drug-likeness (QED) is 0.787. The minimum Gasteiger partial charge on any atom is -0.384 e. The molecule has 21 heavy (non-hydrogen) atoms. The average Bonchev–Trinajstić information content (AvgIpc) is 2.43. The number of hydrogen-bond donors (Lipinski definition) is 1. The smallest absolute Gasteiger partial charge is 0.124 e.